The number of anilines is 1. The van der Waals surface area contributed by atoms with Crippen LogP contribution in [0.4, 0.5) is 5.82 Å². The van der Waals surface area contributed by atoms with Gasteiger partial charge in [0.1, 0.15) is 5.82 Å². The molecular formula is C16H25N3. The first-order valence-corrected chi connectivity index (χ1v) is 7.75. The Labute approximate surface area is 116 Å². The van der Waals surface area contributed by atoms with E-state index in [0.717, 1.165) is 18.5 Å². The number of aromatic nitrogens is 1. The van der Waals surface area contributed by atoms with Gasteiger partial charge >= 0.3 is 0 Å². The summed E-state index contributed by atoms with van der Waals surface area (Å²) in [5.74, 6) is 2.14. The van der Waals surface area contributed by atoms with Crippen molar-refractivity contribution in [3.8, 4) is 0 Å². The summed E-state index contributed by atoms with van der Waals surface area (Å²) >= 11 is 0. The van der Waals surface area contributed by atoms with Crippen molar-refractivity contribution in [2.24, 2.45) is 5.92 Å². The van der Waals surface area contributed by atoms with Gasteiger partial charge in [0, 0.05) is 30.9 Å². The maximum absolute atomic E-state index is 4.69. The Morgan fingerprint density at radius 1 is 1.26 bits per heavy atom. The highest BCUT2D eigenvalue weighted by Crippen LogP contribution is 2.37. The maximum atomic E-state index is 4.69. The average Bonchev–Trinajstić information content (AvgIpc) is 3.10. The van der Waals surface area contributed by atoms with E-state index in [1.165, 1.54) is 56.5 Å². The summed E-state index contributed by atoms with van der Waals surface area (Å²) in [6, 6.07) is 5.01. The third kappa shape index (κ3) is 2.62. The zero-order chi connectivity index (χ0) is 13.1. The normalized spacial score (nSPS) is 24.3. The van der Waals surface area contributed by atoms with Crippen LogP contribution < -0.4 is 10.2 Å². The van der Waals surface area contributed by atoms with E-state index in [1.807, 2.05) is 13.2 Å². The van der Waals surface area contributed by atoms with E-state index < -0.39 is 0 Å². The Morgan fingerprint density at radius 2 is 2.11 bits per heavy atom. The zero-order valence-corrected chi connectivity index (χ0v) is 11.9. The molecular weight excluding hydrogens is 234 g/mol. The van der Waals surface area contributed by atoms with E-state index in [-0.39, 0.29) is 0 Å². The number of hydrogen-bond donors (Lipinski definition) is 1. The maximum Gasteiger partial charge on any atom is 0.133 e. The Kier molecular flexibility index (Phi) is 4.02. The quantitative estimate of drug-likeness (QED) is 0.901. The molecule has 19 heavy (non-hydrogen) atoms. The van der Waals surface area contributed by atoms with Crippen LogP contribution in [0.5, 0.6) is 0 Å². The monoisotopic (exact) mass is 259 g/mol. The first-order chi connectivity index (χ1) is 9.40. The zero-order valence-electron chi connectivity index (χ0n) is 11.9. The third-order valence-corrected chi connectivity index (χ3v) is 4.75. The minimum absolute atomic E-state index is 0.744. The highest BCUT2D eigenvalue weighted by atomic mass is 15.2. The Balaban J connectivity index is 1.83. The van der Waals surface area contributed by atoms with Crippen LogP contribution in [0, 0.1) is 5.92 Å². The number of nitrogens with one attached hydrogen (secondary N) is 1. The van der Waals surface area contributed by atoms with E-state index in [0.29, 0.717) is 0 Å². The first-order valence-electron chi connectivity index (χ1n) is 7.75. The lowest BCUT2D eigenvalue weighted by Crippen LogP contribution is -2.36. The standard InChI is InChI=1S/C16H25N3/c1-17-12-14-8-4-10-18-16(14)19-11-5-9-15(19)13-6-2-3-7-13/h4,8,10,13,15,17H,2-3,5-7,9,11-12H2,1H3. The van der Waals surface area contributed by atoms with Gasteiger partial charge in [-0.3, -0.25) is 0 Å². The van der Waals surface area contributed by atoms with Gasteiger partial charge in [0.2, 0.25) is 0 Å². The molecule has 104 valence electrons. The van der Waals surface area contributed by atoms with E-state index in [2.05, 4.69) is 27.3 Å². The minimum Gasteiger partial charge on any atom is -0.353 e. The number of hydrogen-bond acceptors (Lipinski definition) is 3. The van der Waals surface area contributed by atoms with Crippen molar-refractivity contribution in [2.75, 3.05) is 18.5 Å². The predicted molar refractivity (Wildman–Crippen MR) is 79.3 cm³/mol. The lowest BCUT2D eigenvalue weighted by molar-refractivity contribution is 0.428. The molecule has 0 bridgehead atoms. The van der Waals surface area contributed by atoms with Gasteiger partial charge in [-0.05, 0) is 44.7 Å². The van der Waals surface area contributed by atoms with Crippen LogP contribution in [-0.4, -0.2) is 24.6 Å². The van der Waals surface area contributed by atoms with E-state index in [9.17, 15) is 0 Å². The summed E-state index contributed by atoms with van der Waals surface area (Å²) in [5, 5.41) is 3.27. The summed E-state index contributed by atoms with van der Waals surface area (Å²) in [7, 11) is 2.01. The molecule has 0 amide bonds. The lowest BCUT2D eigenvalue weighted by atomic mass is 9.96. The molecule has 2 fully saturated rings. The van der Waals surface area contributed by atoms with Crippen molar-refractivity contribution in [1.29, 1.82) is 0 Å². The molecule has 1 saturated carbocycles. The number of nitrogens with zero attached hydrogens (tertiary/aromatic N) is 2. The van der Waals surface area contributed by atoms with Gasteiger partial charge in [0.15, 0.2) is 0 Å². The van der Waals surface area contributed by atoms with Gasteiger partial charge < -0.3 is 10.2 Å². The van der Waals surface area contributed by atoms with Crippen molar-refractivity contribution in [2.45, 2.75) is 51.1 Å². The van der Waals surface area contributed by atoms with E-state index >= 15 is 0 Å². The molecule has 1 aromatic rings. The smallest absolute Gasteiger partial charge is 0.133 e. The van der Waals surface area contributed by atoms with Crippen molar-refractivity contribution in [3.05, 3.63) is 23.9 Å². The molecule has 3 heteroatoms. The molecule has 0 aromatic carbocycles. The second-order valence-electron chi connectivity index (χ2n) is 5.96. The van der Waals surface area contributed by atoms with Crippen LogP contribution in [0.25, 0.3) is 0 Å². The van der Waals surface area contributed by atoms with Crippen LogP contribution in [0.1, 0.15) is 44.1 Å². The van der Waals surface area contributed by atoms with Gasteiger partial charge in [-0.1, -0.05) is 18.9 Å². The minimum atomic E-state index is 0.744. The lowest BCUT2D eigenvalue weighted by Gasteiger charge is -2.31. The fourth-order valence-corrected chi connectivity index (χ4v) is 3.91. The molecule has 0 spiro atoms. The second-order valence-corrected chi connectivity index (χ2v) is 5.96. The van der Waals surface area contributed by atoms with Crippen LogP contribution in [0.3, 0.4) is 0 Å². The van der Waals surface area contributed by atoms with Crippen molar-refractivity contribution >= 4 is 5.82 Å². The summed E-state index contributed by atoms with van der Waals surface area (Å²) in [5.41, 5.74) is 1.34. The summed E-state index contributed by atoms with van der Waals surface area (Å²) < 4.78 is 0. The van der Waals surface area contributed by atoms with Crippen LogP contribution in [0.2, 0.25) is 0 Å². The molecule has 2 aliphatic rings. The summed E-state index contributed by atoms with van der Waals surface area (Å²) in [6.45, 7) is 2.10. The molecule has 2 heterocycles. The highest BCUT2D eigenvalue weighted by Gasteiger charge is 2.34. The van der Waals surface area contributed by atoms with Gasteiger partial charge in [0.05, 0.1) is 0 Å². The van der Waals surface area contributed by atoms with Crippen LogP contribution in [-0.2, 0) is 6.54 Å². The average molecular weight is 259 g/mol. The van der Waals surface area contributed by atoms with Gasteiger partial charge in [-0.2, -0.15) is 0 Å². The SMILES string of the molecule is CNCc1cccnc1N1CCCC1C1CCCC1. The Hall–Kier alpha value is -1.09. The third-order valence-electron chi connectivity index (χ3n) is 4.75. The molecule has 0 radical (unpaired) electrons. The fourth-order valence-electron chi connectivity index (χ4n) is 3.91. The topological polar surface area (TPSA) is 28.2 Å². The molecule has 1 N–H and O–H groups in total. The van der Waals surface area contributed by atoms with Gasteiger partial charge in [-0.25, -0.2) is 4.98 Å². The largest absolute Gasteiger partial charge is 0.353 e. The van der Waals surface area contributed by atoms with E-state index in [4.69, 9.17) is 0 Å². The van der Waals surface area contributed by atoms with Gasteiger partial charge in [0.25, 0.3) is 0 Å². The summed E-state index contributed by atoms with van der Waals surface area (Å²) in [6.07, 6.45) is 10.3. The molecule has 1 saturated heterocycles. The van der Waals surface area contributed by atoms with Crippen molar-refractivity contribution in [1.82, 2.24) is 10.3 Å². The van der Waals surface area contributed by atoms with E-state index in [1.54, 1.807) is 0 Å². The number of rotatable bonds is 4. The Bertz CT molecular complexity index is 412. The number of pyridine rings is 1. The van der Waals surface area contributed by atoms with Crippen LogP contribution >= 0.6 is 0 Å². The highest BCUT2D eigenvalue weighted by molar-refractivity contribution is 5.48. The van der Waals surface area contributed by atoms with Crippen molar-refractivity contribution in [3.63, 3.8) is 0 Å². The molecule has 1 unspecified atom stereocenters. The molecule has 1 atom stereocenters. The molecule has 1 aliphatic heterocycles. The predicted octanol–water partition coefficient (Wildman–Crippen LogP) is 2.96. The van der Waals surface area contributed by atoms with Crippen LogP contribution in [0.15, 0.2) is 18.3 Å². The molecule has 1 aromatic heterocycles. The summed E-state index contributed by atoms with van der Waals surface area (Å²) in [4.78, 5) is 7.29. The first kappa shape index (κ1) is 12.9. The Morgan fingerprint density at radius 3 is 2.89 bits per heavy atom. The molecule has 3 nitrogen and oxygen atoms in total. The van der Waals surface area contributed by atoms with Gasteiger partial charge in [-0.15, -0.1) is 0 Å². The van der Waals surface area contributed by atoms with Crippen molar-refractivity contribution < 1.29 is 0 Å². The fraction of sp³-hybridized carbons (Fsp3) is 0.688. The molecule has 3 rings (SSSR count). The molecule has 1 aliphatic carbocycles. The second kappa shape index (κ2) is 5.91.